The average Bonchev–Trinajstić information content (AvgIpc) is 4.20. The summed E-state index contributed by atoms with van der Waals surface area (Å²) in [5.74, 6) is 3.20. The normalized spacial score (nSPS) is 17.1. The molecule has 2 aromatic carbocycles. The number of rotatable bonds is 9. The Morgan fingerprint density at radius 1 is 0.691 bits per heavy atom. The second-order valence-electron chi connectivity index (χ2n) is 17.7. The molecule has 356 valence electrons. The number of hydrogen-bond acceptors (Lipinski definition) is 16. The van der Waals surface area contributed by atoms with Crippen LogP contribution in [0.5, 0.6) is 11.5 Å². The van der Waals surface area contributed by atoms with Gasteiger partial charge in [-0.25, -0.2) is 19.9 Å². The lowest BCUT2D eigenvalue weighted by Gasteiger charge is -2.36. The second-order valence-corrected chi connectivity index (χ2v) is 19.7. The summed E-state index contributed by atoms with van der Waals surface area (Å²) in [5.41, 5.74) is 4.27. The first-order valence-corrected chi connectivity index (χ1v) is 24.5. The number of likely N-dealkylation sites (tertiary alicyclic amines) is 1. The number of benzene rings is 2. The largest absolute Gasteiger partial charge is 0.494 e. The van der Waals surface area contributed by atoms with Gasteiger partial charge in [-0.2, -0.15) is 10.2 Å². The Balaban J connectivity index is 0.000000156. The standard InChI is InChI=1S/C24H27N7O2S.C20H20N6O2S.C4H11N/c1-29-8-7-19-14(12-29)6-9-31(19)21-5-4-16-23(27-21)34-24(26-16)22(32)25-18-10-15-13-30(2)28-17(15)11-20(18)33-3;1-25-11-12-9-15(16(28-2)10-14(12)24-25)21-18(27)20-22-13-5-6-17(23-19(13)29-20)26-7-3-4-8-26;1-4-5(2)3/h4-5,10-11,13-14,19H,6-9,12H2,1-3H3,(H,25,32);5-6,9-11H,3-4,7-8H2,1-2H3,(H,21,27);4H2,1-3H3. The Labute approximate surface area is 402 Å². The minimum atomic E-state index is -0.280. The number of nitrogens with zero attached hydrogens (tertiary/aromatic N) is 12. The van der Waals surface area contributed by atoms with E-state index in [1.807, 2.05) is 75.0 Å². The average molecular weight is 959 g/mol. The molecular formula is C48H58N14O4S2. The third-order valence-electron chi connectivity index (χ3n) is 12.6. The zero-order chi connectivity index (χ0) is 47.6. The van der Waals surface area contributed by atoms with E-state index < -0.39 is 0 Å². The number of piperidine rings is 1. The van der Waals surface area contributed by atoms with Crippen molar-refractivity contribution in [2.24, 2.45) is 20.0 Å². The van der Waals surface area contributed by atoms with E-state index in [0.717, 1.165) is 93.4 Å². The molecule has 3 saturated heterocycles. The molecule has 68 heavy (non-hydrogen) atoms. The minimum absolute atomic E-state index is 0.275. The van der Waals surface area contributed by atoms with Gasteiger partial charge in [0.25, 0.3) is 11.8 Å². The monoisotopic (exact) mass is 958 g/mol. The van der Waals surface area contributed by atoms with E-state index in [1.54, 1.807) is 23.6 Å². The van der Waals surface area contributed by atoms with E-state index in [-0.39, 0.29) is 11.8 Å². The van der Waals surface area contributed by atoms with E-state index in [2.05, 4.69) is 78.5 Å². The van der Waals surface area contributed by atoms with Crippen LogP contribution in [0, 0.1) is 5.92 Å². The van der Waals surface area contributed by atoms with Gasteiger partial charge in [-0.15, -0.1) is 0 Å². The van der Waals surface area contributed by atoms with Gasteiger partial charge in [-0.1, -0.05) is 29.6 Å². The molecule has 11 rings (SSSR count). The minimum Gasteiger partial charge on any atom is -0.494 e. The Kier molecular flexibility index (Phi) is 13.7. The number of aromatic nitrogens is 8. The Hall–Kier alpha value is -6.48. The lowest BCUT2D eigenvalue weighted by Crippen LogP contribution is -2.44. The van der Waals surface area contributed by atoms with Crippen LogP contribution >= 0.6 is 22.7 Å². The van der Waals surface area contributed by atoms with Crippen molar-refractivity contribution in [3.05, 3.63) is 70.9 Å². The molecular weight excluding hydrogens is 901 g/mol. The molecule has 18 nitrogen and oxygen atoms in total. The van der Waals surface area contributed by atoms with Gasteiger partial charge in [0.05, 0.1) is 36.6 Å². The van der Waals surface area contributed by atoms with Crippen molar-refractivity contribution in [2.45, 2.75) is 38.6 Å². The Bertz CT molecular complexity index is 3100. The second kappa shape index (κ2) is 20.0. The lowest BCUT2D eigenvalue weighted by atomic mass is 9.93. The van der Waals surface area contributed by atoms with Crippen molar-refractivity contribution < 1.29 is 19.1 Å². The summed E-state index contributed by atoms with van der Waals surface area (Å²) < 4.78 is 14.4. The quantitative estimate of drug-likeness (QED) is 0.147. The van der Waals surface area contributed by atoms with Crippen LogP contribution in [0.4, 0.5) is 23.0 Å². The van der Waals surface area contributed by atoms with Gasteiger partial charge in [0.15, 0.2) is 10.0 Å². The number of amides is 2. The van der Waals surface area contributed by atoms with Crippen molar-refractivity contribution in [2.75, 3.05) is 95.1 Å². The summed E-state index contributed by atoms with van der Waals surface area (Å²) in [7, 11) is 13.2. The molecule has 0 bridgehead atoms. The van der Waals surface area contributed by atoms with Gasteiger partial charge >= 0.3 is 0 Å². The maximum atomic E-state index is 13.1. The number of thiazole rings is 2. The maximum Gasteiger partial charge on any atom is 0.284 e. The van der Waals surface area contributed by atoms with E-state index in [1.165, 1.54) is 48.4 Å². The molecule has 8 aromatic rings. The van der Waals surface area contributed by atoms with Crippen LogP contribution < -0.4 is 29.9 Å². The fourth-order valence-corrected chi connectivity index (χ4v) is 10.6. The van der Waals surface area contributed by atoms with Crippen molar-refractivity contribution in [3.8, 4) is 11.5 Å². The smallest absolute Gasteiger partial charge is 0.284 e. The maximum absolute atomic E-state index is 13.1. The summed E-state index contributed by atoms with van der Waals surface area (Å²) in [6.45, 7) is 8.63. The molecule has 0 saturated carbocycles. The van der Waals surface area contributed by atoms with E-state index >= 15 is 0 Å². The van der Waals surface area contributed by atoms with Crippen molar-refractivity contribution in [1.82, 2.24) is 49.3 Å². The molecule has 20 heteroatoms. The Morgan fingerprint density at radius 2 is 1.21 bits per heavy atom. The van der Waals surface area contributed by atoms with Crippen LogP contribution in [0.2, 0.25) is 0 Å². The van der Waals surface area contributed by atoms with Gasteiger partial charge in [0.2, 0.25) is 0 Å². The third-order valence-corrected chi connectivity index (χ3v) is 14.6. The predicted molar refractivity (Wildman–Crippen MR) is 272 cm³/mol. The molecule has 0 radical (unpaired) electrons. The van der Waals surface area contributed by atoms with Gasteiger partial charge in [0.1, 0.15) is 43.8 Å². The molecule has 3 fully saturated rings. The van der Waals surface area contributed by atoms with Crippen LogP contribution in [-0.2, 0) is 14.1 Å². The first-order valence-electron chi connectivity index (χ1n) is 22.9. The number of ether oxygens (including phenoxy) is 2. The molecule has 0 aliphatic carbocycles. The van der Waals surface area contributed by atoms with E-state index in [0.29, 0.717) is 44.8 Å². The molecule has 2 N–H and O–H groups in total. The SMILES string of the molecule is CCN(C)C.COc1cc2nn(C)cc2cc1NC(=O)c1nc2ccc(N3CCC4CN(C)CCC43)nc2s1.COc1cc2nn(C)cc2cc1NC(=O)c1nc2ccc(N3CCCC3)nc2s1. The van der Waals surface area contributed by atoms with Gasteiger partial charge in [-0.3, -0.25) is 19.0 Å². The number of methoxy groups -OCH3 is 2. The zero-order valence-corrected chi connectivity index (χ0v) is 41.4. The Morgan fingerprint density at radius 3 is 1.72 bits per heavy atom. The number of aryl methyl sites for hydroxylation is 2. The topological polar surface area (TPSA) is 177 Å². The molecule has 2 amide bonds. The fourth-order valence-electron chi connectivity index (χ4n) is 8.98. The summed E-state index contributed by atoms with van der Waals surface area (Å²) in [5, 5.41) is 17.2. The summed E-state index contributed by atoms with van der Waals surface area (Å²) in [4.78, 5) is 55.4. The number of carbonyl (C=O) groups is 2. The van der Waals surface area contributed by atoms with E-state index in [4.69, 9.17) is 19.4 Å². The highest BCUT2D eigenvalue weighted by Gasteiger charge is 2.38. The molecule has 3 aliphatic heterocycles. The highest BCUT2D eigenvalue weighted by atomic mass is 32.1. The van der Waals surface area contributed by atoms with Gasteiger partial charge in [0, 0.05) is 81.6 Å². The number of fused-ring (bicyclic) bond motifs is 5. The number of hydrogen-bond donors (Lipinski definition) is 2. The number of pyridine rings is 2. The predicted octanol–water partition coefficient (Wildman–Crippen LogP) is 7.38. The summed E-state index contributed by atoms with van der Waals surface area (Å²) in [6, 6.07) is 15.9. The molecule has 2 unspecified atom stereocenters. The molecule has 0 spiro atoms. The van der Waals surface area contributed by atoms with Gasteiger partial charge in [-0.05, 0) is 102 Å². The van der Waals surface area contributed by atoms with Crippen molar-refractivity contribution in [1.29, 1.82) is 0 Å². The van der Waals surface area contributed by atoms with Crippen LogP contribution in [0.25, 0.3) is 42.5 Å². The third kappa shape index (κ3) is 10.0. The number of nitrogens with one attached hydrogen (secondary N) is 2. The highest BCUT2D eigenvalue weighted by Crippen LogP contribution is 2.36. The van der Waals surface area contributed by atoms with Crippen LogP contribution in [-0.4, -0.2) is 142 Å². The fraction of sp³-hybridized carbons (Fsp3) is 0.417. The molecule has 6 aromatic heterocycles. The summed E-state index contributed by atoms with van der Waals surface area (Å²) >= 11 is 2.62. The van der Waals surface area contributed by atoms with Crippen molar-refractivity contribution in [3.63, 3.8) is 0 Å². The number of carbonyl (C=O) groups excluding carboxylic acids is 2. The molecule has 9 heterocycles. The highest BCUT2D eigenvalue weighted by molar-refractivity contribution is 7.20. The zero-order valence-electron chi connectivity index (χ0n) is 39.8. The van der Waals surface area contributed by atoms with E-state index in [9.17, 15) is 9.59 Å². The molecule has 2 atom stereocenters. The van der Waals surface area contributed by atoms with Gasteiger partial charge < -0.3 is 39.7 Å². The first-order chi connectivity index (χ1) is 32.9. The van der Waals surface area contributed by atoms with Crippen LogP contribution in [0.15, 0.2) is 60.9 Å². The van der Waals surface area contributed by atoms with Crippen molar-refractivity contribution >= 4 is 100.0 Å². The van der Waals surface area contributed by atoms with Crippen LogP contribution in [0.1, 0.15) is 52.2 Å². The molecule has 3 aliphatic rings. The lowest BCUT2D eigenvalue weighted by molar-refractivity contribution is 0.101. The van der Waals surface area contributed by atoms with Crippen LogP contribution in [0.3, 0.4) is 0 Å². The number of anilines is 4. The summed E-state index contributed by atoms with van der Waals surface area (Å²) in [6.07, 6.45) is 8.56. The first kappa shape index (κ1) is 46.6.